The number of thiophene rings is 1. The van der Waals surface area contributed by atoms with Crippen LogP contribution < -0.4 is 5.32 Å². The van der Waals surface area contributed by atoms with E-state index < -0.39 is 0 Å². The van der Waals surface area contributed by atoms with Gasteiger partial charge in [0.25, 0.3) is 0 Å². The lowest BCUT2D eigenvalue weighted by atomic mass is 9.89. The molecule has 0 saturated heterocycles. The van der Waals surface area contributed by atoms with Crippen LogP contribution in [0.4, 0.5) is 5.00 Å². The van der Waals surface area contributed by atoms with Gasteiger partial charge in [0.05, 0.1) is 5.00 Å². The van der Waals surface area contributed by atoms with E-state index in [0.29, 0.717) is 5.92 Å². The monoisotopic (exact) mass is 285 g/mol. The molecule has 106 valence electrons. The molecule has 1 N–H and O–H groups in total. The first-order valence-electron chi connectivity index (χ1n) is 7.80. The maximum Gasteiger partial charge on any atom is 0.0888 e. The summed E-state index contributed by atoms with van der Waals surface area (Å²) in [5.74, 6) is 0.486. The number of allylic oxidation sites excluding steroid dienone is 6. The molecule has 0 aromatic carbocycles. The molecule has 0 amide bonds. The molecule has 0 fully saturated rings. The Labute approximate surface area is 126 Å². The van der Waals surface area contributed by atoms with Crippen LogP contribution in [0.25, 0.3) is 0 Å². The quantitative estimate of drug-likeness (QED) is 0.711. The van der Waals surface area contributed by atoms with Crippen molar-refractivity contribution in [2.45, 2.75) is 44.9 Å². The SMILES string of the molecule is CCCCCNc1cc2c(s1)CCC=C1C=CC=CC12. The standard InChI is InChI=1S/C18H23NS/c1-2-3-6-12-19-18-13-16-15-10-5-4-8-14(15)9-7-11-17(16)20-18/h4-5,8-10,13,15,19H,2-3,6-7,11-12H2,1H3. The molecule has 0 spiro atoms. The van der Waals surface area contributed by atoms with Crippen LogP contribution in [0.5, 0.6) is 0 Å². The van der Waals surface area contributed by atoms with Gasteiger partial charge >= 0.3 is 0 Å². The van der Waals surface area contributed by atoms with Gasteiger partial charge in [-0.1, -0.05) is 50.1 Å². The van der Waals surface area contributed by atoms with Gasteiger partial charge in [0, 0.05) is 17.3 Å². The highest BCUT2D eigenvalue weighted by atomic mass is 32.1. The molecular formula is C18H23NS. The zero-order valence-corrected chi connectivity index (χ0v) is 13.0. The van der Waals surface area contributed by atoms with Gasteiger partial charge in [-0.15, -0.1) is 11.3 Å². The zero-order chi connectivity index (χ0) is 13.8. The van der Waals surface area contributed by atoms with E-state index in [9.17, 15) is 0 Å². The summed E-state index contributed by atoms with van der Waals surface area (Å²) in [4.78, 5) is 1.57. The molecule has 0 bridgehead atoms. The van der Waals surface area contributed by atoms with E-state index in [0.717, 1.165) is 6.54 Å². The molecule has 0 aliphatic heterocycles. The number of rotatable bonds is 5. The summed E-state index contributed by atoms with van der Waals surface area (Å²) in [6.45, 7) is 3.36. The molecule has 2 aliphatic rings. The first-order valence-corrected chi connectivity index (χ1v) is 8.61. The van der Waals surface area contributed by atoms with Crippen molar-refractivity contribution in [2.24, 2.45) is 0 Å². The normalized spacial score (nSPS) is 20.1. The van der Waals surface area contributed by atoms with Crippen LogP contribution in [-0.4, -0.2) is 6.54 Å². The van der Waals surface area contributed by atoms with Crippen LogP contribution in [0.2, 0.25) is 0 Å². The van der Waals surface area contributed by atoms with Crippen molar-refractivity contribution in [3.63, 3.8) is 0 Å². The topological polar surface area (TPSA) is 12.0 Å². The molecule has 0 saturated carbocycles. The molecule has 1 aromatic rings. The summed E-state index contributed by atoms with van der Waals surface area (Å²) in [6.07, 6.45) is 17.6. The number of fused-ring (bicyclic) bond motifs is 3. The van der Waals surface area contributed by atoms with E-state index in [1.807, 2.05) is 11.3 Å². The smallest absolute Gasteiger partial charge is 0.0888 e. The predicted octanol–water partition coefficient (Wildman–Crippen LogP) is 5.43. The van der Waals surface area contributed by atoms with Crippen LogP contribution in [-0.2, 0) is 6.42 Å². The molecular weight excluding hydrogens is 262 g/mol. The van der Waals surface area contributed by atoms with Gasteiger partial charge in [0.15, 0.2) is 0 Å². The highest BCUT2D eigenvalue weighted by molar-refractivity contribution is 7.16. The highest BCUT2D eigenvalue weighted by Gasteiger charge is 2.22. The van der Waals surface area contributed by atoms with Gasteiger partial charge in [0.2, 0.25) is 0 Å². The predicted molar refractivity (Wildman–Crippen MR) is 89.8 cm³/mol. The molecule has 1 unspecified atom stereocenters. The second kappa shape index (κ2) is 6.45. The van der Waals surface area contributed by atoms with Gasteiger partial charge in [-0.3, -0.25) is 0 Å². The number of hydrogen-bond acceptors (Lipinski definition) is 2. The Hall–Kier alpha value is -1.28. The number of hydrogen-bond donors (Lipinski definition) is 1. The number of nitrogens with one attached hydrogen (secondary N) is 1. The van der Waals surface area contributed by atoms with Crippen molar-refractivity contribution in [1.82, 2.24) is 0 Å². The lowest BCUT2D eigenvalue weighted by Crippen LogP contribution is -2.01. The second-order valence-corrected chi connectivity index (χ2v) is 6.72. The maximum atomic E-state index is 3.61. The first-order chi connectivity index (χ1) is 9.88. The Balaban J connectivity index is 1.75. The van der Waals surface area contributed by atoms with Gasteiger partial charge in [-0.2, -0.15) is 0 Å². The van der Waals surface area contributed by atoms with Gasteiger partial charge in [-0.05, 0) is 36.5 Å². The van der Waals surface area contributed by atoms with Crippen molar-refractivity contribution < 1.29 is 0 Å². The largest absolute Gasteiger partial charge is 0.377 e. The fourth-order valence-electron chi connectivity index (χ4n) is 2.98. The van der Waals surface area contributed by atoms with Crippen LogP contribution in [0.3, 0.4) is 0 Å². The third-order valence-electron chi connectivity index (χ3n) is 4.07. The summed E-state index contributed by atoms with van der Waals surface area (Å²) >= 11 is 1.96. The summed E-state index contributed by atoms with van der Waals surface area (Å²) in [5, 5.41) is 4.97. The molecule has 1 heterocycles. The summed E-state index contributed by atoms with van der Waals surface area (Å²) < 4.78 is 0. The number of anilines is 1. The van der Waals surface area contributed by atoms with E-state index in [2.05, 4.69) is 48.7 Å². The third-order valence-corrected chi connectivity index (χ3v) is 5.24. The van der Waals surface area contributed by atoms with Crippen LogP contribution in [0.1, 0.15) is 49.0 Å². The van der Waals surface area contributed by atoms with E-state index in [-0.39, 0.29) is 0 Å². The Bertz CT molecular complexity index is 548. The van der Waals surface area contributed by atoms with Gasteiger partial charge in [0.1, 0.15) is 0 Å². The average Bonchev–Trinajstić information content (AvgIpc) is 2.79. The fourth-order valence-corrected chi connectivity index (χ4v) is 4.13. The Morgan fingerprint density at radius 3 is 3.15 bits per heavy atom. The van der Waals surface area contributed by atoms with Gasteiger partial charge in [-0.25, -0.2) is 0 Å². The van der Waals surface area contributed by atoms with Crippen molar-refractivity contribution in [3.8, 4) is 0 Å². The minimum absolute atomic E-state index is 0.486. The van der Waals surface area contributed by atoms with Crippen molar-refractivity contribution in [2.75, 3.05) is 11.9 Å². The van der Waals surface area contributed by atoms with E-state index in [1.165, 1.54) is 48.2 Å². The summed E-state index contributed by atoms with van der Waals surface area (Å²) in [5.41, 5.74) is 3.00. The fraction of sp³-hybridized carbons (Fsp3) is 0.444. The molecule has 2 heteroatoms. The lowest BCUT2D eigenvalue weighted by Gasteiger charge is -2.15. The van der Waals surface area contributed by atoms with Crippen molar-refractivity contribution in [3.05, 3.63) is 52.5 Å². The summed E-state index contributed by atoms with van der Waals surface area (Å²) in [6, 6.07) is 2.39. The molecule has 0 radical (unpaired) electrons. The molecule has 1 nitrogen and oxygen atoms in total. The minimum Gasteiger partial charge on any atom is -0.377 e. The highest BCUT2D eigenvalue weighted by Crippen LogP contribution is 2.41. The Kier molecular flexibility index (Phi) is 4.41. The van der Waals surface area contributed by atoms with Crippen molar-refractivity contribution in [1.29, 1.82) is 0 Å². The zero-order valence-electron chi connectivity index (χ0n) is 12.2. The maximum absolute atomic E-state index is 3.61. The minimum atomic E-state index is 0.486. The Morgan fingerprint density at radius 2 is 2.25 bits per heavy atom. The van der Waals surface area contributed by atoms with E-state index >= 15 is 0 Å². The summed E-state index contributed by atoms with van der Waals surface area (Å²) in [7, 11) is 0. The molecule has 20 heavy (non-hydrogen) atoms. The van der Waals surface area contributed by atoms with Crippen LogP contribution >= 0.6 is 11.3 Å². The molecule has 1 aromatic heterocycles. The van der Waals surface area contributed by atoms with Crippen LogP contribution in [0.15, 0.2) is 42.0 Å². The average molecular weight is 285 g/mol. The molecule has 2 aliphatic carbocycles. The molecule has 3 rings (SSSR count). The van der Waals surface area contributed by atoms with Crippen LogP contribution in [0, 0.1) is 0 Å². The third kappa shape index (κ3) is 2.90. The lowest BCUT2D eigenvalue weighted by molar-refractivity contribution is 0.744. The van der Waals surface area contributed by atoms with Gasteiger partial charge < -0.3 is 5.32 Å². The van der Waals surface area contributed by atoms with E-state index in [1.54, 1.807) is 4.88 Å². The second-order valence-electron chi connectivity index (χ2n) is 5.59. The van der Waals surface area contributed by atoms with Crippen molar-refractivity contribution >= 4 is 16.3 Å². The first kappa shape index (κ1) is 13.7. The number of aryl methyl sites for hydroxylation is 1. The Morgan fingerprint density at radius 1 is 1.30 bits per heavy atom. The number of unbranched alkanes of at least 4 members (excludes halogenated alkanes) is 2. The van der Waals surface area contributed by atoms with E-state index in [4.69, 9.17) is 0 Å². The molecule has 1 atom stereocenters.